The van der Waals surface area contributed by atoms with E-state index in [1.807, 2.05) is 6.92 Å². The van der Waals surface area contributed by atoms with Gasteiger partial charge in [0, 0.05) is 31.7 Å². The summed E-state index contributed by atoms with van der Waals surface area (Å²) in [6.45, 7) is 3.22. The average molecular weight is 207 g/mol. The summed E-state index contributed by atoms with van der Waals surface area (Å²) in [5.74, 6) is -0.929. The van der Waals surface area contributed by atoms with Crippen molar-refractivity contribution in [1.82, 2.24) is 14.9 Å². The van der Waals surface area contributed by atoms with Crippen LogP contribution in [0.15, 0.2) is 18.6 Å². The van der Waals surface area contributed by atoms with Gasteiger partial charge in [0.15, 0.2) is 0 Å². The second kappa shape index (κ2) is 3.94. The van der Waals surface area contributed by atoms with Crippen LogP contribution in [0.25, 0.3) is 0 Å². The summed E-state index contributed by atoms with van der Waals surface area (Å²) in [5, 5.41) is 8.75. The van der Waals surface area contributed by atoms with E-state index in [0.717, 1.165) is 5.69 Å². The Kier molecular flexibility index (Phi) is 2.64. The van der Waals surface area contributed by atoms with Crippen molar-refractivity contribution in [3.05, 3.63) is 24.3 Å². The van der Waals surface area contributed by atoms with Gasteiger partial charge in [-0.1, -0.05) is 0 Å². The Morgan fingerprint density at radius 3 is 2.87 bits per heavy atom. The van der Waals surface area contributed by atoms with Gasteiger partial charge < -0.3 is 5.11 Å². The molecule has 1 aromatic rings. The molecule has 1 fully saturated rings. The van der Waals surface area contributed by atoms with Crippen molar-refractivity contribution in [3.63, 3.8) is 0 Å². The fourth-order valence-corrected chi connectivity index (χ4v) is 1.70. The molecule has 1 aliphatic heterocycles. The second-order valence-electron chi connectivity index (χ2n) is 3.80. The first-order chi connectivity index (χ1) is 7.18. The van der Waals surface area contributed by atoms with Crippen molar-refractivity contribution in [2.24, 2.45) is 5.92 Å². The zero-order chi connectivity index (χ0) is 10.8. The number of carboxylic acid groups (broad SMARTS) is 1. The minimum absolute atomic E-state index is 0.147. The van der Waals surface area contributed by atoms with Crippen molar-refractivity contribution < 1.29 is 9.90 Å². The Labute approximate surface area is 87.8 Å². The lowest BCUT2D eigenvalue weighted by Gasteiger charge is -2.40. The van der Waals surface area contributed by atoms with Crippen LogP contribution in [0.4, 0.5) is 0 Å². The number of nitrogens with zero attached hydrogens (tertiary/aromatic N) is 3. The van der Waals surface area contributed by atoms with E-state index in [1.54, 1.807) is 18.6 Å². The number of carboxylic acids is 1. The highest BCUT2D eigenvalue weighted by Gasteiger charge is 2.35. The molecular formula is C10H13N3O2. The van der Waals surface area contributed by atoms with Crippen molar-refractivity contribution in [2.45, 2.75) is 13.0 Å². The highest BCUT2D eigenvalue weighted by Crippen LogP contribution is 2.26. The molecular weight excluding hydrogens is 194 g/mol. The van der Waals surface area contributed by atoms with E-state index in [4.69, 9.17) is 5.11 Å². The largest absolute Gasteiger partial charge is 0.481 e. The van der Waals surface area contributed by atoms with Gasteiger partial charge in [-0.3, -0.25) is 19.7 Å². The molecule has 0 saturated carbocycles. The van der Waals surface area contributed by atoms with Crippen LogP contribution in [-0.2, 0) is 4.79 Å². The van der Waals surface area contributed by atoms with Gasteiger partial charge in [0.2, 0.25) is 0 Å². The molecule has 15 heavy (non-hydrogen) atoms. The minimum atomic E-state index is -0.711. The van der Waals surface area contributed by atoms with Gasteiger partial charge >= 0.3 is 5.97 Å². The minimum Gasteiger partial charge on any atom is -0.481 e. The molecule has 1 unspecified atom stereocenters. The number of rotatable bonds is 3. The molecule has 1 aliphatic rings. The molecule has 80 valence electrons. The third kappa shape index (κ3) is 1.97. The SMILES string of the molecule is CC(c1cnccn1)N1CC(C(=O)O)C1. The Morgan fingerprint density at radius 2 is 2.33 bits per heavy atom. The fraction of sp³-hybridized carbons (Fsp3) is 0.500. The molecule has 1 N–H and O–H groups in total. The van der Waals surface area contributed by atoms with Gasteiger partial charge in [-0.2, -0.15) is 0 Å². The molecule has 0 aliphatic carbocycles. The lowest BCUT2D eigenvalue weighted by atomic mass is 9.97. The standard InChI is InChI=1S/C10H13N3O2/c1-7(9-4-11-2-3-12-9)13-5-8(6-13)10(14)15/h2-4,7-8H,5-6H2,1H3,(H,14,15). The maximum atomic E-state index is 10.6. The number of carbonyl (C=O) groups is 1. The van der Waals surface area contributed by atoms with E-state index in [1.165, 1.54) is 0 Å². The molecule has 0 spiro atoms. The van der Waals surface area contributed by atoms with Crippen LogP contribution < -0.4 is 0 Å². The summed E-state index contributed by atoms with van der Waals surface area (Å²) < 4.78 is 0. The summed E-state index contributed by atoms with van der Waals surface area (Å²) in [6.07, 6.45) is 5.01. The first-order valence-corrected chi connectivity index (χ1v) is 4.91. The smallest absolute Gasteiger partial charge is 0.309 e. The normalized spacial score (nSPS) is 19.5. The predicted molar refractivity (Wildman–Crippen MR) is 53.1 cm³/mol. The third-order valence-corrected chi connectivity index (χ3v) is 2.82. The van der Waals surface area contributed by atoms with Crippen LogP contribution in [0.3, 0.4) is 0 Å². The van der Waals surface area contributed by atoms with Crippen LogP contribution in [0.5, 0.6) is 0 Å². The molecule has 1 aromatic heterocycles. The van der Waals surface area contributed by atoms with E-state index < -0.39 is 5.97 Å². The van der Waals surface area contributed by atoms with Crippen molar-refractivity contribution in [2.75, 3.05) is 13.1 Å². The van der Waals surface area contributed by atoms with E-state index in [2.05, 4.69) is 14.9 Å². The third-order valence-electron chi connectivity index (χ3n) is 2.82. The lowest BCUT2D eigenvalue weighted by molar-refractivity contribution is -0.148. The first kappa shape index (κ1) is 10.0. The van der Waals surface area contributed by atoms with Crippen LogP contribution >= 0.6 is 0 Å². The maximum Gasteiger partial charge on any atom is 0.309 e. The molecule has 2 rings (SSSR count). The quantitative estimate of drug-likeness (QED) is 0.784. The van der Waals surface area contributed by atoms with Crippen LogP contribution in [-0.4, -0.2) is 39.0 Å². The number of hydrogen-bond donors (Lipinski definition) is 1. The molecule has 5 heteroatoms. The van der Waals surface area contributed by atoms with Gasteiger partial charge in [0.25, 0.3) is 0 Å². The molecule has 0 amide bonds. The Bertz CT molecular complexity index is 349. The van der Waals surface area contributed by atoms with E-state index in [-0.39, 0.29) is 12.0 Å². The summed E-state index contributed by atoms with van der Waals surface area (Å²) in [4.78, 5) is 20.9. The molecule has 0 aromatic carbocycles. The Hall–Kier alpha value is -1.49. The molecule has 5 nitrogen and oxygen atoms in total. The van der Waals surface area contributed by atoms with E-state index in [0.29, 0.717) is 13.1 Å². The number of likely N-dealkylation sites (tertiary alicyclic amines) is 1. The first-order valence-electron chi connectivity index (χ1n) is 4.91. The molecule has 2 heterocycles. The average Bonchev–Trinajstić information content (AvgIpc) is 2.16. The zero-order valence-electron chi connectivity index (χ0n) is 8.50. The molecule has 1 saturated heterocycles. The van der Waals surface area contributed by atoms with Gasteiger partial charge in [-0.05, 0) is 6.92 Å². The van der Waals surface area contributed by atoms with Gasteiger partial charge in [-0.15, -0.1) is 0 Å². The van der Waals surface area contributed by atoms with Crippen molar-refractivity contribution in [1.29, 1.82) is 0 Å². The summed E-state index contributed by atoms with van der Waals surface area (Å²) >= 11 is 0. The van der Waals surface area contributed by atoms with Crippen molar-refractivity contribution in [3.8, 4) is 0 Å². The molecule has 1 atom stereocenters. The highest BCUT2D eigenvalue weighted by molar-refractivity contribution is 5.71. The maximum absolute atomic E-state index is 10.6. The van der Waals surface area contributed by atoms with Gasteiger partial charge in [0.05, 0.1) is 17.7 Å². The van der Waals surface area contributed by atoms with Gasteiger partial charge in [0.1, 0.15) is 0 Å². The molecule has 0 bridgehead atoms. The van der Waals surface area contributed by atoms with E-state index in [9.17, 15) is 4.79 Å². The predicted octanol–water partition coefficient (Wildman–Crippen LogP) is 0.554. The highest BCUT2D eigenvalue weighted by atomic mass is 16.4. The van der Waals surface area contributed by atoms with Crippen molar-refractivity contribution >= 4 is 5.97 Å². The topological polar surface area (TPSA) is 66.3 Å². The summed E-state index contributed by atoms with van der Waals surface area (Å²) in [7, 11) is 0. The monoisotopic (exact) mass is 207 g/mol. The second-order valence-corrected chi connectivity index (χ2v) is 3.80. The van der Waals surface area contributed by atoms with Gasteiger partial charge in [-0.25, -0.2) is 0 Å². The van der Waals surface area contributed by atoms with E-state index >= 15 is 0 Å². The lowest BCUT2D eigenvalue weighted by Crippen LogP contribution is -2.51. The van der Waals surface area contributed by atoms with Crippen LogP contribution in [0, 0.1) is 5.92 Å². The Balaban J connectivity index is 1.95. The zero-order valence-corrected chi connectivity index (χ0v) is 8.50. The number of aliphatic carboxylic acids is 1. The fourth-order valence-electron chi connectivity index (χ4n) is 1.70. The number of aromatic nitrogens is 2. The van der Waals surface area contributed by atoms with Crippen LogP contribution in [0.1, 0.15) is 18.7 Å². The molecule has 0 radical (unpaired) electrons. The number of hydrogen-bond acceptors (Lipinski definition) is 4. The summed E-state index contributed by atoms with van der Waals surface area (Å²) in [5.41, 5.74) is 0.890. The van der Waals surface area contributed by atoms with Crippen LogP contribution in [0.2, 0.25) is 0 Å². The summed E-state index contributed by atoms with van der Waals surface area (Å²) in [6, 6.07) is 0.147. The Morgan fingerprint density at radius 1 is 1.60 bits per heavy atom.